The summed E-state index contributed by atoms with van der Waals surface area (Å²) in [7, 11) is 0. The summed E-state index contributed by atoms with van der Waals surface area (Å²) < 4.78 is 48.5. The first-order chi connectivity index (χ1) is 18.3. The summed E-state index contributed by atoms with van der Waals surface area (Å²) in [6, 6.07) is 18.2. The first kappa shape index (κ1) is 33.2. The van der Waals surface area contributed by atoms with Gasteiger partial charge in [0.15, 0.2) is 0 Å². The van der Waals surface area contributed by atoms with E-state index in [1.165, 1.54) is 36.4 Å². The molecule has 38 heavy (non-hydrogen) atoms. The number of hydrogen-bond acceptors (Lipinski definition) is 5. The summed E-state index contributed by atoms with van der Waals surface area (Å²) in [4.78, 5) is 0.405. The number of thiocarbonyl (C=S) groups is 1. The second kappa shape index (κ2) is 19.3. The molecule has 9 heteroatoms. The van der Waals surface area contributed by atoms with Crippen molar-refractivity contribution in [3.8, 4) is 0 Å². The van der Waals surface area contributed by atoms with Crippen molar-refractivity contribution in [3.63, 3.8) is 0 Å². The molecular formula is C29H36F3NO4S. The van der Waals surface area contributed by atoms with Crippen LogP contribution in [0.25, 0.3) is 0 Å². The number of benzene rings is 3. The number of rotatable bonds is 7. The monoisotopic (exact) mass is 551 g/mol. The van der Waals surface area contributed by atoms with Crippen molar-refractivity contribution >= 4 is 17.2 Å². The Balaban J connectivity index is 0.000000304. The van der Waals surface area contributed by atoms with Gasteiger partial charge in [0, 0.05) is 0 Å². The normalized spacial score (nSPS) is 15.7. The van der Waals surface area contributed by atoms with Crippen molar-refractivity contribution in [3.05, 3.63) is 107 Å². The van der Waals surface area contributed by atoms with Crippen LogP contribution in [0.15, 0.2) is 72.8 Å². The largest absolute Gasteiger partial charge is 0.392 e. The van der Waals surface area contributed by atoms with Crippen LogP contribution in [-0.2, 0) is 29.3 Å². The van der Waals surface area contributed by atoms with Crippen molar-refractivity contribution in [2.45, 2.75) is 58.7 Å². The maximum Gasteiger partial charge on any atom is 0.123 e. The molecule has 1 heterocycles. The van der Waals surface area contributed by atoms with Crippen LogP contribution in [0.1, 0.15) is 43.4 Å². The zero-order valence-corrected chi connectivity index (χ0v) is 22.5. The van der Waals surface area contributed by atoms with Crippen LogP contribution in [0.5, 0.6) is 0 Å². The van der Waals surface area contributed by atoms with Gasteiger partial charge in [0.1, 0.15) is 28.5 Å². The lowest BCUT2D eigenvalue weighted by Gasteiger charge is -2.13. The zero-order chi connectivity index (χ0) is 28.3. The van der Waals surface area contributed by atoms with E-state index in [0.29, 0.717) is 29.3 Å². The van der Waals surface area contributed by atoms with Gasteiger partial charge in [-0.1, -0.05) is 62.5 Å². The van der Waals surface area contributed by atoms with E-state index in [1.54, 1.807) is 30.3 Å². The highest BCUT2D eigenvalue weighted by Crippen LogP contribution is 2.20. The topological polar surface area (TPSA) is 84.9 Å². The zero-order valence-electron chi connectivity index (χ0n) is 21.7. The summed E-state index contributed by atoms with van der Waals surface area (Å²) in [5, 5.41) is 17.0. The van der Waals surface area contributed by atoms with Gasteiger partial charge in [-0.2, -0.15) is 0 Å². The van der Waals surface area contributed by atoms with Crippen molar-refractivity contribution in [2.75, 3.05) is 6.61 Å². The van der Waals surface area contributed by atoms with E-state index >= 15 is 0 Å². The molecule has 2 atom stereocenters. The van der Waals surface area contributed by atoms with Crippen molar-refractivity contribution in [1.29, 1.82) is 0 Å². The predicted molar refractivity (Wildman–Crippen MR) is 147 cm³/mol. The van der Waals surface area contributed by atoms with Gasteiger partial charge in [0.2, 0.25) is 0 Å². The highest BCUT2D eigenvalue weighted by atomic mass is 32.1. The van der Waals surface area contributed by atoms with Gasteiger partial charge in [-0.3, -0.25) is 0 Å². The van der Waals surface area contributed by atoms with Crippen LogP contribution in [0, 0.1) is 17.5 Å². The van der Waals surface area contributed by atoms with Crippen LogP contribution < -0.4 is 5.73 Å². The molecule has 1 fully saturated rings. The van der Waals surface area contributed by atoms with Gasteiger partial charge in [0.25, 0.3) is 0 Å². The molecule has 0 aromatic heterocycles. The van der Waals surface area contributed by atoms with Gasteiger partial charge in [-0.25, -0.2) is 13.2 Å². The number of hydrogen-bond donors (Lipinski definition) is 3. The molecule has 0 spiro atoms. The van der Waals surface area contributed by atoms with Crippen molar-refractivity contribution < 1.29 is 32.9 Å². The number of ether oxygens (including phenoxy) is 2. The van der Waals surface area contributed by atoms with Gasteiger partial charge >= 0.3 is 0 Å². The number of aliphatic hydroxyl groups excluding tert-OH is 2. The Morgan fingerprint density at radius 1 is 0.842 bits per heavy atom. The highest BCUT2D eigenvalue weighted by Gasteiger charge is 2.27. The lowest BCUT2D eigenvalue weighted by molar-refractivity contribution is -0.00201. The maximum atomic E-state index is 12.9. The molecule has 0 radical (unpaired) electrons. The summed E-state index contributed by atoms with van der Waals surface area (Å²) in [5.74, 6) is -0.857. The fourth-order valence-electron chi connectivity index (χ4n) is 3.24. The average molecular weight is 552 g/mol. The summed E-state index contributed by atoms with van der Waals surface area (Å²) in [5.41, 5.74) is 7.55. The van der Waals surface area contributed by atoms with Gasteiger partial charge in [0.05, 0.1) is 32.5 Å². The molecule has 4 N–H and O–H groups in total. The predicted octanol–water partition coefficient (Wildman–Crippen LogP) is 5.84. The van der Waals surface area contributed by atoms with Crippen LogP contribution in [0.2, 0.25) is 0 Å². The lowest BCUT2D eigenvalue weighted by atomic mass is 10.2. The summed E-state index contributed by atoms with van der Waals surface area (Å²) in [6.45, 7) is 4.67. The van der Waals surface area contributed by atoms with E-state index in [4.69, 9.17) is 37.6 Å². The molecule has 0 bridgehead atoms. The Bertz CT molecular complexity index is 1040. The molecular weight excluding hydrogens is 515 g/mol. The van der Waals surface area contributed by atoms with Gasteiger partial charge in [-0.05, 0) is 65.9 Å². The molecule has 0 amide bonds. The highest BCUT2D eigenvalue weighted by molar-refractivity contribution is 7.80. The number of halogens is 3. The minimum atomic E-state index is -0.304. The van der Waals surface area contributed by atoms with Crippen LogP contribution in [0.3, 0.4) is 0 Å². The Labute approximate surface area is 228 Å². The Morgan fingerprint density at radius 2 is 1.29 bits per heavy atom. The molecule has 1 aliphatic rings. The van der Waals surface area contributed by atoms with Gasteiger partial charge < -0.3 is 25.4 Å². The minimum absolute atomic E-state index is 0.0325. The van der Waals surface area contributed by atoms with E-state index < -0.39 is 0 Å². The minimum Gasteiger partial charge on any atom is -0.392 e. The Hall–Kier alpha value is -2.82. The molecule has 0 saturated carbocycles. The van der Waals surface area contributed by atoms with Crippen LogP contribution >= 0.6 is 12.2 Å². The van der Waals surface area contributed by atoms with E-state index in [9.17, 15) is 13.2 Å². The molecule has 1 aliphatic heterocycles. The maximum absolute atomic E-state index is 12.9. The third kappa shape index (κ3) is 13.6. The summed E-state index contributed by atoms with van der Waals surface area (Å²) >= 11 is 4.88. The number of nitrogens with two attached hydrogens (primary N) is 1. The fraction of sp³-hybridized carbons (Fsp3) is 0.345. The molecule has 3 aromatic carbocycles. The molecule has 208 valence electrons. The van der Waals surface area contributed by atoms with Crippen molar-refractivity contribution in [1.82, 2.24) is 0 Å². The van der Waals surface area contributed by atoms with Crippen LogP contribution in [-0.4, -0.2) is 34.0 Å². The third-order valence-corrected chi connectivity index (χ3v) is 5.29. The molecule has 0 aliphatic carbocycles. The average Bonchev–Trinajstić information content (AvgIpc) is 3.40. The number of aliphatic hydroxyl groups is 2. The van der Waals surface area contributed by atoms with Gasteiger partial charge in [-0.15, -0.1) is 0 Å². The second-order valence-electron chi connectivity index (χ2n) is 7.95. The Morgan fingerprint density at radius 3 is 1.66 bits per heavy atom. The van der Waals surface area contributed by atoms with E-state index in [2.05, 4.69) is 0 Å². The molecule has 3 aromatic rings. The van der Waals surface area contributed by atoms with Crippen molar-refractivity contribution in [2.24, 2.45) is 5.73 Å². The molecule has 0 unspecified atom stereocenters. The molecule has 5 nitrogen and oxygen atoms in total. The Kier molecular flexibility index (Phi) is 16.8. The van der Waals surface area contributed by atoms with E-state index in [-0.39, 0.29) is 42.9 Å². The molecule has 1 saturated heterocycles. The quantitative estimate of drug-likeness (QED) is 0.320. The van der Waals surface area contributed by atoms with E-state index in [1.807, 2.05) is 19.9 Å². The lowest BCUT2D eigenvalue weighted by Crippen LogP contribution is -2.27. The molecule has 4 rings (SSSR count). The first-order valence-electron chi connectivity index (χ1n) is 12.3. The smallest absolute Gasteiger partial charge is 0.123 e. The van der Waals surface area contributed by atoms with E-state index in [0.717, 1.165) is 18.4 Å². The third-order valence-electron chi connectivity index (χ3n) is 5.03. The summed E-state index contributed by atoms with van der Waals surface area (Å²) in [6.07, 6.45) is 1.65. The van der Waals surface area contributed by atoms with Crippen LogP contribution in [0.4, 0.5) is 13.2 Å². The standard InChI is InChI=1S/C13H16FNO2S.2C7H7FO.C2H6/c14-10-3-1-2-9(6-10)7-16-8-11-4-5-12(17-11)13(15)18;2*8-7-3-1-2-6(4-7)5-9;1-2/h1-3,6,11-12H,4-5,7-8H2,(H2,15,18);2*1-4,9H,5H2;1-2H3/t11-,12+;;;/m0.../s1. The first-order valence-corrected chi connectivity index (χ1v) is 12.7. The second-order valence-corrected chi connectivity index (χ2v) is 8.42. The fourth-order valence-corrected chi connectivity index (χ4v) is 3.42. The SMILES string of the molecule is CC.NC(=S)[C@H]1CC[C@@H](COCc2cccc(F)c2)O1.OCc1cccc(F)c1.OCc1cccc(F)c1.